The fraction of sp³-hybridized carbons (Fsp3) is 0.353. The average Bonchev–Trinajstić information content (AvgIpc) is 2.53. The zero-order chi connectivity index (χ0) is 17.1. The standard InChI is InChI=1S/C17H20N4O2/c1-6-21(5)17-19-15(22)12(4)16(20-17)23-14-10(2)7-13(9-18)8-11(14)3/h7-8H,6H2,1-5H3,(H,19,20,22). The summed E-state index contributed by atoms with van der Waals surface area (Å²) in [6, 6.07) is 5.63. The van der Waals surface area contributed by atoms with E-state index in [0.717, 1.165) is 11.1 Å². The van der Waals surface area contributed by atoms with Crippen LogP contribution in [0.3, 0.4) is 0 Å². The topological polar surface area (TPSA) is 82.0 Å². The maximum atomic E-state index is 12.1. The Labute approximate surface area is 135 Å². The van der Waals surface area contributed by atoms with Crippen molar-refractivity contribution in [1.82, 2.24) is 9.97 Å². The average molecular weight is 312 g/mol. The zero-order valence-electron chi connectivity index (χ0n) is 14.0. The minimum absolute atomic E-state index is 0.228. The molecule has 0 spiro atoms. The smallest absolute Gasteiger partial charge is 0.259 e. The third-order valence-corrected chi connectivity index (χ3v) is 3.72. The second-order valence-corrected chi connectivity index (χ2v) is 5.49. The monoisotopic (exact) mass is 312 g/mol. The molecular weight excluding hydrogens is 292 g/mol. The summed E-state index contributed by atoms with van der Waals surface area (Å²) in [5, 5.41) is 9.02. The Balaban J connectivity index is 2.51. The van der Waals surface area contributed by atoms with Crippen molar-refractivity contribution in [3.05, 3.63) is 44.7 Å². The van der Waals surface area contributed by atoms with Crippen LogP contribution >= 0.6 is 0 Å². The van der Waals surface area contributed by atoms with Gasteiger partial charge in [-0.3, -0.25) is 9.78 Å². The van der Waals surface area contributed by atoms with E-state index in [9.17, 15) is 4.79 Å². The lowest BCUT2D eigenvalue weighted by atomic mass is 10.1. The van der Waals surface area contributed by atoms with Crippen LogP contribution in [-0.4, -0.2) is 23.6 Å². The van der Waals surface area contributed by atoms with Crippen LogP contribution in [0, 0.1) is 32.1 Å². The number of benzene rings is 1. The first-order chi connectivity index (χ1) is 10.9. The SMILES string of the molecule is CCN(C)c1nc(Oc2c(C)cc(C#N)cc2C)c(C)c(=O)[nH]1. The number of rotatable bonds is 4. The molecule has 0 amide bonds. The second kappa shape index (κ2) is 6.53. The summed E-state index contributed by atoms with van der Waals surface area (Å²) in [7, 11) is 1.84. The lowest BCUT2D eigenvalue weighted by Gasteiger charge is -2.18. The molecule has 0 saturated heterocycles. The molecule has 0 aliphatic carbocycles. The predicted molar refractivity (Wildman–Crippen MR) is 89.2 cm³/mol. The number of aromatic amines is 1. The number of nitrogens with zero attached hydrogens (tertiary/aromatic N) is 3. The molecule has 0 aliphatic heterocycles. The van der Waals surface area contributed by atoms with Gasteiger partial charge in [0.15, 0.2) is 0 Å². The Morgan fingerprint density at radius 3 is 2.43 bits per heavy atom. The summed E-state index contributed by atoms with van der Waals surface area (Å²) in [5.41, 5.74) is 2.42. The van der Waals surface area contributed by atoms with Gasteiger partial charge < -0.3 is 9.64 Å². The summed E-state index contributed by atoms with van der Waals surface area (Å²) in [4.78, 5) is 21.1. The number of aromatic nitrogens is 2. The number of aryl methyl sites for hydroxylation is 2. The van der Waals surface area contributed by atoms with Crippen molar-refractivity contribution >= 4 is 5.95 Å². The Morgan fingerprint density at radius 1 is 1.30 bits per heavy atom. The number of anilines is 1. The van der Waals surface area contributed by atoms with Crippen LogP contribution in [0.15, 0.2) is 16.9 Å². The Kier molecular flexibility index (Phi) is 4.70. The van der Waals surface area contributed by atoms with E-state index in [1.165, 1.54) is 0 Å². The molecule has 1 aromatic carbocycles. The van der Waals surface area contributed by atoms with Crippen LogP contribution in [0.5, 0.6) is 11.6 Å². The van der Waals surface area contributed by atoms with Gasteiger partial charge in [-0.1, -0.05) is 0 Å². The van der Waals surface area contributed by atoms with E-state index in [2.05, 4.69) is 16.0 Å². The lowest BCUT2D eigenvalue weighted by molar-refractivity contribution is 0.449. The number of ether oxygens (including phenoxy) is 1. The highest BCUT2D eigenvalue weighted by Crippen LogP contribution is 2.30. The predicted octanol–water partition coefficient (Wildman–Crippen LogP) is 2.82. The van der Waals surface area contributed by atoms with Gasteiger partial charge in [0.1, 0.15) is 5.75 Å². The molecule has 0 radical (unpaired) electrons. The van der Waals surface area contributed by atoms with Crippen LogP contribution in [0.2, 0.25) is 0 Å². The van der Waals surface area contributed by atoms with Crippen molar-refractivity contribution in [2.45, 2.75) is 27.7 Å². The van der Waals surface area contributed by atoms with Gasteiger partial charge in [-0.05, 0) is 51.0 Å². The fourth-order valence-electron chi connectivity index (χ4n) is 2.20. The molecule has 1 aromatic heterocycles. The van der Waals surface area contributed by atoms with E-state index >= 15 is 0 Å². The summed E-state index contributed by atoms with van der Waals surface area (Å²) < 4.78 is 5.92. The second-order valence-electron chi connectivity index (χ2n) is 5.49. The summed E-state index contributed by atoms with van der Waals surface area (Å²) in [6.07, 6.45) is 0. The quantitative estimate of drug-likeness (QED) is 0.938. The van der Waals surface area contributed by atoms with Gasteiger partial charge in [0.2, 0.25) is 11.8 Å². The molecule has 2 rings (SSSR count). The molecule has 120 valence electrons. The third-order valence-electron chi connectivity index (χ3n) is 3.72. The Hall–Kier alpha value is -2.81. The fourth-order valence-corrected chi connectivity index (χ4v) is 2.20. The van der Waals surface area contributed by atoms with Crippen molar-refractivity contribution in [3.8, 4) is 17.7 Å². The van der Waals surface area contributed by atoms with Crippen LogP contribution in [0.25, 0.3) is 0 Å². The van der Waals surface area contributed by atoms with E-state index in [1.807, 2.05) is 32.7 Å². The molecule has 0 unspecified atom stereocenters. The van der Waals surface area contributed by atoms with E-state index in [0.29, 0.717) is 29.4 Å². The molecule has 0 saturated carbocycles. The van der Waals surface area contributed by atoms with Gasteiger partial charge in [-0.15, -0.1) is 0 Å². The van der Waals surface area contributed by atoms with Gasteiger partial charge in [-0.2, -0.15) is 10.2 Å². The van der Waals surface area contributed by atoms with Crippen molar-refractivity contribution in [2.75, 3.05) is 18.5 Å². The molecule has 0 aliphatic rings. The number of hydrogen-bond donors (Lipinski definition) is 1. The van der Waals surface area contributed by atoms with Gasteiger partial charge in [0.05, 0.1) is 17.2 Å². The van der Waals surface area contributed by atoms with E-state index < -0.39 is 0 Å². The molecule has 0 fully saturated rings. The molecule has 0 bridgehead atoms. The first kappa shape index (κ1) is 16.6. The molecule has 2 aromatic rings. The molecule has 1 N–H and O–H groups in total. The van der Waals surface area contributed by atoms with Crippen LogP contribution < -0.4 is 15.2 Å². The molecular formula is C17H20N4O2. The summed E-state index contributed by atoms with van der Waals surface area (Å²) in [6.45, 7) is 8.08. The van der Waals surface area contributed by atoms with E-state index in [-0.39, 0.29) is 11.4 Å². The number of nitrogens with one attached hydrogen (secondary N) is 1. The van der Waals surface area contributed by atoms with Crippen molar-refractivity contribution in [3.63, 3.8) is 0 Å². The van der Waals surface area contributed by atoms with Gasteiger partial charge in [-0.25, -0.2) is 0 Å². The normalized spacial score (nSPS) is 10.3. The molecule has 6 nitrogen and oxygen atoms in total. The molecule has 1 heterocycles. The first-order valence-electron chi connectivity index (χ1n) is 7.38. The van der Waals surface area contributed by atoms with Gasteiger partial charge in [0.25, 0.3) is 5.56 Å². The maximum absolute atomic E-state index is 12.1. The highest BCUT2D eigenvalue weighted by molar-refractivity contribution is 5.49. The minimum atomic E-state index is -0.228. The summed E-state index contributed by atoms with van der Waals surface area (Å²) in [5.74, 6) is 1.36. The Bertz CT molecular complexity index is 810. The van der Waals surface area contributed by atoms with Crippen molar-refractivity contribution < 1.29 is 4.74 Å². The largest absolute Gasteiger partial charge is 0.438 e. The van der Waals surface area contributed by atoms with Crippen molar-refractivity contribution in [1.29, 1.82) is 5.26 Å². The molecule has 0 atom stereocenters. The number of nitriles is 1. The molecule has 6 heteroatoms. The van der Waals surface area contributed by atoms with Gasteiger partial charge in [0, 0.05) is 13.6 Å². The van der Waals surface area contributed by atoms with E-state index in [1.54, 1.807) is 19.1 Å². The minimum Gasteiger partial charge on any atom is -0.438 e. The summed E-state index contributed by atoms with van der Waals surface area (Å²) >= 11 is 0. The van der Waals surface area contributed by atoms with Gasteiger partial charge >= 0.3 is 0 Å². The first-order valence-corrected chi connectivity index (χ1v) is 7.38. The van der Waals surface area contributed by atoms with Crippen LogP contribution in [-0.2, 0) is 0 Å². The maximum Gasteiger partial charge on any atom is 0.259 e. The Morgan fingerprint density at radius 2 is 1.91 bits per heavy atom. The third kappa shape index (κ3) is 3.34. The highest BCUT2D eigenvalue weighted by atomic mass is 16.5. The van der Waals surface area contributed by atoms with Crippen LogP contribution in [0.1, 0.15) is 29.2 Å². The number of hydrogen-bond acceptors (Lipinski definition) is 5. The zero-order valence-corrected chi connectivity index (χ0v) is 14.0. The highest BCUT2D eigenvalue weighted by Gasteiger charge is 2.15. The number of H-pyrrole nitrogens is 1. The lowest BCUT2D eigenvalue weighted by Crippen LogP contribution is -2.24. The molecule has 23 heavy (non-hydrogen) atoms. The van der Waals surface area contributed by atoms with Crippen molar-refractivity contribution in [2.24, 2.45) is 0 Å². The van der Waals surface area contributed by atoms with Crippen LogP contribution in [0.4, 0.5) is 5.95 Å². The van der Waals surface area contributed by atoms with E-state index in [4.69, 9.17) is 10.00 Å².